The number of rotatable bonds is 6. The highest BCUT2D eigenvalue weighted by molar-refractivity contribution is 9.10. The first-order valence-electron chi connectivity index (χ1n) is 7.96. The summed E-state index contributed by atoms with van der Waals surface area (Å²) in [6, 6.07) is 3.84. The molecule has 0 spiro atoms. The molecule has 0 aliphatic rings. The van der Waals surface area contributed by atoms with Crippen LogP contribution in [0.5, 0.6) is 0 Å². The molecule has 0 aromatic heterocycles. The number of halogens is 3. The van der Waals surface area contributed by atoms with Crippen LogP contribution in [0, 0.1) is 23.0 Å². The Kier molecular flexibility index (Phi) is 7.16. The van der Waals surface area contributed by atoms with Gasteiger partial charge in [-0.15, -0.1) is 4.72 Å². The molecule has 0 heterocycles. The van der Waals surface area contributed by atoms with Crippen molar-refractivity contribution in [2.75, 3.05) is 5.75 Å². The lowest BCUT2D eigenvalue weighted by molar-refractivity contribution is 0.408. The van der Waals surface area contributed by atoms with Crippen molar-refractivity contribution < 1.29 is 21.8 Å². The van der Waals surface area contributed by atoms with Gasteiger partial charge in [0.15, 0.2) is 14.6 Å². The maximum atomic E-state index is 14.8. The third-order valence-electron chi connectivity index (χ3n) is 4.00. The summed E-state index contributed by atoms with van der Waals surface area (Å²) >= 11 is 1.12. The quantitative estimate of drug-likeness (QED) is 0.490. The lowest BCUT2D eigenvalue weighted by Gasteiger charge is -2.36. The van der Waals surface area contributed by atoms with Crippen LogP contribution in [0.3, 0.4) is 0 Å². The molecule has 0 saturated heterocycles. The zero-order valence-electron chi connectivity index (χ0n) is 16.0. The molecule has 0 radical (unpaired) electrons. The van der Waals surface area contributed by atoms with Crippen LogP contribution in [-0.4, -0.2) is 28.2 Å². The topological polar surface area (TPSA) is 93.0 Å². The zero-order chi connectivity index (χ0) is 21.4. The van der Waals surface area contributed by atoms with Gasteiger partial charge in [0.05, 0.1) is 16.3 Å². The van der Waals surface area contributed by atoms with Gasteiger partial charge in [0, 0.05) is 16.9 Å². The molecule has 10 heteroatoms. The minimum Gasteiger partial charge on any atom is -0.598 e. The maximum absolute atomic E-state index is 14.8. The molecule has 5 nitrogen and oxygen atoms in total. The van der Waals surface area contributed by atoms with Crippen molar-refractivity contribution in [1.82, 2.24) is 4.72 Å². The van der Waals surface area contributed by atoms with E-state index in [-0.39, 0.29) is 4.47 Å². The second-order valence-electron chi connectivity index (χ2n) is 7.91. The Morgan fingerprint density at radius 3 is 2.19 bits per heavy atom. The Bertz CT molecular complexity index is 864. The summed E-state index contributed by atoms with van der Waals surface area (Å²) in [6.07, 6.45) is 0. The molecule has 1 rings (SSSR count). The minimum atomic E-state index is -4.16. The van der Waals surface area contributed by atoms with Crippen LogP contribution >= 0.6 is 15.9 Å². The summed E-state index contributed by atoms with van der Waals surface area (Å²) in [5, 5.41) is 9.20. The van der Waals surface area contributed by atoms with E-state index in [1.54, 1.807) is 26.8 Å². The highest BCUT2D eigenvalue weighted by Gasteiger charge is 2.47. The monoisotopic (exact) mass is 484 g/mol. The molecule has 0 aliphatic carbocycles. The molecule has 2 atom stereocenters. The number of nitrogens with one attached hydrogen (secondary N) is 1. The number of sulfone groups is 1. The smallest absolute Gasteiger partial charge is 0.171 e. The van der Waals surface area contributed by atoms with Crippen LogP contribution in [0.2, 0.25) is 0 Å². The number of hydrogen-bond acceptors (Lipinski definition) is 5. The predicted molar refractivity (Wildman–Crippen MR) is 106 cm³/mol. The molecule has 1 aromatic carbocycles. The van der Waals surface area contributed by atoms with E-state index in [1.807, 2.05) is 0 Å². The second-order valence-corrected chi connectivity index (χ2v) is 13.3. The fourth-order valence-corrected chi connectivity index (χ4v) is 4.96. The molecule has 2 unspecified atom stereocenters. The molecule has 1 aromatic rings. The largest absolute Gasteiger partial charge is 0.598 e. The number of nitriles is 1. The summed E-state index contributed by atoms with van der Waals surface area (Å²) in [5.41, 5.74) is -2.45. The average molecular weight is 485 g/mol. The summed E-state index contributed by atoms with van der Waals surface area (Å²) < 4.78 is 67.5. The van der Waals surface area contributed by atoms with E-state index in [2.05, 4.69) is 20.7 Å². The number of benzene rings is 1. The third kappa shape index (κ3) is 5.21. The van der Waals surface area contributed by atoms with Crippen LogP contribution in [-0.2, 0) is 26.7 Å². The number of nitrogens with zero attached hydrogens (tertiary/aromatic N) is 1. The standard InChI is InChI=1S/C17H23BrF2N2O3S2/c1-15(2,3)26(23)22-17(6,10-27(24,25)16(4,5)9-21)13-12(19)8-7-11(18)14(13)20/h7-8,22H,10H2,1-6H3. The Labute approximate surface area is 170 Å². The van der Waals surface area contributed by atoms with Crippen LogP contribution in [0.25, 0.3) is 0 Å². The Morgan fingerprint density at radius 1 is 1.22 bits per heavy atom. The summed E-state index contributed by atoms with van der Waals surface area (Å²) in [5.74, 6) is -2.81. The van der Waals surface area contributed by atoms with E-state index in [9.17, 15) is 27.0 Å². The maximum Gasteiger partial charge on any atom is 0.171 e. The molecule has 0 saturated carbocycles. The van der Waals surface area contributed by atoms with E-state index in [0.717, 1.165) is 12.1 Å². The first-order chi connectivity index (χ1) is 12.0. The summed E-state index contributed by atoms with van der Waals surface area (Å²) in [6.45, 7) is 8.58. The van der Waals surface area contributed by atoms with E-state index in [4.69, 9.17) is 0 Å². The van der Waals surface area contributed by atoms with Gasteiger partial charge in [-0.05, 0) is 69.6 Å². The Balaban J connectivity index is 3.66. The lowest BCUT2D eigenvalue weighted by atomic mass is 9.94. The lowest BCUT2D eigenvalue weighted by Crippen LogP contribution is -2.55. The predicted octanol–water partition coefficient (Wildman–Crippen LogP) is 3.71. The van der Waals surface area contributed by atoms with Gasteiger partial charge in [0.25, 0.3) is 0 Å². The Morgan fingerprint density at radius 2 is 1.74 bits per heavy atom. The highest BCUT2D eigenvalue weighted by atomic mass is 79.9. The van der Waals surface area contributed by atoms with Crippen molar-refractivity contribution in [2.24, 2.45) is 0 Å². The molecule has 0 bridgehead atoms. The summed E-state index contributed by atoms with van der Waals surface area (Å²) in [7, 11) is -4.16. The second kappa shape index (κ2) is 7.95. The molecular formula is C17H23BrF2N2O3S2. The van der Waals surface area contributed by atoms with Gasteiger partial charge in [-0.1, -0.05) is 0 Å². The average Bonchev–Trinajstić information content (AvgIpc) is 2.49. The molecule has 152 valence electrons. The van der Waals surface area contributed by atoms with Gasteiger partial charge in [-0.25, -0.2) is 17.2 Å². The molecule has 0 aliphatic heterocycles. The first kappa shape index (κ1) is 24.3. The zero-order valence-corrected chi connectivity index (χ0v) is 19.2. The summed E-state index contributed by atoms with van der Waals surface area (Å²) in [4.78, 5) is 0. The van der Waals surface area contributed by atoms with E-state index >= 15 is 0 Å². The van der Waals surface area contributed by atoms with Crippen LogP contribution in [0.4, 0.5) is 8.78 Å². The first-order valence-corrected chi connectivity index (χ1v) is 11.6. The van der Waals surface area contributed by atoms with Crippen molar-refractivity contribution in [2.45, 2.75) is 56.6 Å². The normalized spacial score (nSPS) is 16.5. The van der Waals surface area contributed by atoms with Crippen molar-refractivity contribution in [3.8, 4) is 6.07 Å². The molecule has 0 fully saturated rings. The fourth-order valence-electron chi connectivity index (χ4n) is 2.17. The highest BCUT2D eigenvalue weighted by Crippen LogP contribution is 2.35. The molecule has 27 heavy (non-hydrogen) atoms. The minimum absolute atomic E-state index is 0.0644. The van der Waals surface area contributed by atoms with Gasteiger partial charge >= 0.3 is 0 Å². The molecule has 1 N–H and O–H groups in total. The van der Waals surface area contributed by atoms with E-state index in [0.29, 0.717) is 0 Å². The van der Waals surface area contributed by atoms with Gasteiger partial charge in [-0.3, -0.25) is 0 Å². The van der Waals surface area contributed by atoms with Crippen LogP contribution in [0.15, 0.2) is 16.6 Å². The van der Waals surface area contributed by atoms with Crippen molar-refractivity contribution in [3.05, 3.63) is 33.8 Å². The van der Waals surface area contributed by atoms with Crippen LogP contribution < -0.4 is 4.72 Å². The number of hydrogen-bond donors (Lipinski definition) is 1. The molecular weight excluding hydrogens is 462 g/mol. The van der Waals surface area contributed by atoms with Crippen molar-refractivity contribution in [1.29, 1.82) is 5.26 Å². The SMILES string of the molecule is CC(CS(=O)(=O)C(C)(C)C#N)(N[S+]([O-])C(C)(C)C)c1c(F)ccc(Br)c1F. The van der Waals surface area contributed by atoms with Gasteiger partial charge in [0.2, 0.25) is 0 Å². The van der Waals surface area contributed by atoms with E-state index in [1.165, 1.54) is 20.8 Å². The van der Waals surface area contributed by atoms with Gasteiger partial charge < -0.3 is 4.55 Å². The van der Waals surface area contributed by atoms with Gasteiger partial charge in [-0.2, -0.15) is 5.26 Å². The molecule has 0 amide bonds. The van der Waals surface area contributed by atoms with Crippen molar-refractivity contribution >= 4 is 37.1 Å². The third-order valence-corrected chi connectivity index (χ3v) is 8.96. The fraction of sp³-hybridized carbons (Fsp3) is 0.588. The van der Waals surface area contributed by atoms with Crippen molar-refractivity contribution in [3.63, 3.8) is 0 Å². The van der Waals surface area contributed by atoms with E-state index < -0.39 is 59.2 Å². The Hall–Kier alpha value is -0.730. The van der Waals surface area contributed by atoms with Crippen LogP contribution in [0.1, 0.15) is 47.1 Å². The van der Waals surface area contributed by atoms with Gasteiger partial charge in [0.1, 0.15) is 21.9 Å².